The van der Waals surface area contributed by atoms with Crippen molar-refractivity contribution in [3.8, 4) is 0 Å². The van der Waals surface area contributed by atoms with Crippen molar-refractivity contribution in [2.45, 2.75) is 31.6 Å². The Morgan fingerprint density at radius 2 is 1.78 bits per heavy atom. The van der Waals surface area contributed by atoms with Crippen molar-refractivity contribution in [1.82, 2.24) is 0 Å². The average molecular weight is 466 g/mol. The molecule has 1 heterocycles. The minimum Gasteiger partial charge on any atom is -0.294 e. The van der Waals surface area contributed by atoms with Crippen LogP contribution in [0, 0.1) is 0 Å². The van der Waals surface area contributed by atoms with E-state index in [-0.39, 0.29) is 10.7 Å². The monoisotopic (exact) mass is 465 g/mol. The average Bonchev–Trinajstić information content (AvgIpc) is 3.01. The summed E-state index contributed by atoms with van der Waals surface area (Å²) in [5.74, 6) is -0.130. The van der Waals surface area contributed by atoms with Crippen LogP contribution in [0.2, 0.25) is 0 Å². The summed E-state index contributed by atoms with van der Waals surface area (Å²) in [6.45, 7) is 3.84. The molecule has 1 aromatic heterocycles. The fourth-order valence-electron chi connectivity index (χ4n) is 2.91. The number of hydrogen-bond donors (Lipinski definition) is 0. The standard InChI is InChI=1S/C20H20BrNO3S2/c1-3-4-13-22(27(24,25)16-11-9-15(21)10-12-16)20-19(14(2)23)17-7-5-6-8-18(17)26-20/h5-12H,3-4,13H2,1-2H3. The van der Waals surface area contributed by atoms with Crippen molar-refractivity contribution in [2.75, 3.05) is 10.8 Å². The highest BCUT2D eigenvalue weighted by atomic mass is 79.9. The van der Waals surface area contributed by atoms with Gasteiger partial charge in [0.1, 0.15) is 5.00 Å². The molecule has 2 aromatic carbocycles. The van der Waals surface area contributed by atoms with Crippen molar-refractivity contribution in [1.29, 1.82) is 0 Å². The number of Topliss-reactive ketones (excluding diaryl/α,β-unsaturated/α-hetero) is 1. The normalized spacial score (nSPS) is 11.7. The second-order valence-corrected chi connectivity index (χ2v) is 10.0. The third-order valence-electron chi connectivity index (χ3n) is 4.27. The fraction of sp³-hybridized carbons (Fsp3) is 0.250. The number of unbranched alkanes of at least 4 members (excludes halogenated alkanes) is 1. The zero-order valence-corrected chi connectivity index (χ0v) is 18.3. The van der Waals surface area contributed by atoms with Gasteiger partial charge in [-0.1, -0.05) is 47.5 Å². The van der Waals surface area contributed by atoms with Crippen molar-refractivity contribution < 1.29 is 13.2 Å². The topological polar surface area (TPSA) is 54.5 Å². The van der Waals surface area contributed by atoms with Gasteiger partial charge in [-0.2, -0.15) is 0 Å². The summed E-state index contributed by atoms with van der Waals surface area (Å²) >= 11 is 4.69. The Kier molecular flexibility index (Phi) is 6.03. The van der Waals surface area contributed by atoms with Crippen LogP contribution in [-0.2, 0) is 10.0 Å². The number of benzene rings is 2. The highest BCUT2D eigenvalue weighted by molar-refractivity contribution is 9.10. The van der Waals surface area contributed by atoms with Gasteiger partial charge in [0.15, 0.2) is 5.78 Å². The molecule has 0 saturated heterocycles. The van der Waals surface area contributed by atoms with Crippen LogP contribution in [0.3, 0.4) is 0 Å². The summed E-state index contributed by atoms with van der Waals surface area (Å²) in [4.78, 5) is 12.6. The van der Waals surface area contributed by atoms with Gasteiger partial charge in [0.25, 0.3) is 10.0 Å². The first-order valence-corrected chi connectivity index (χ1v) is 11.7. The molecule has 142 valence electrons. The van der Waals surface area contributed by atoms with Gasteiger partial charge in [-0.05, 0) is 43.7 Å². The lowest BCUT2D eigenvalue weighted by Gasteiger charge is -2.24. The third kappa shape index (κ3) is 3.95. The number of fused-ring (bicyclic) bond motifs is 1. The van der Waals surface area contributed by atoms with E-state index in [0.717, 1.165) is 21.0 Å². The molecule has 0 radical (unpaired) electrons. The van der Waals surface area contributed by atoms with Gasteiger partial charge in [0, 0.05) is 21.1 Å². The minimum absolute atomic E-state index is 0.130. The quantitative estimate of drug-likeness (QED) is 0.410. The number of sulfonamides is 1. The molecule has 0 N–H and O–H groups in total. The van der Waals surface area contributed by atoms with E-state index in [2.05, 4.69) is 15.9 Å². The summed E-state index contributed by atoms with van der Waals surface area (Å²) in [5.41, 5.74) is 0.479. The maximum absolute atomic E-state index is 13.4. The van der Waals surface area contributed by atoms with Crippen LogP contribution in [-0.4, -0.2) is 20.7 Å². The Morgan fingerprint density at radius 3 is 2.41 bits per heavy atom. The van der Waals surface area contributed by atoms with Crippen LogP contribution in [0.5, 0.6) is 0 Å². The summed E-state index contributed by atoms with van der Waals surface area (Å²) in [6.07, 6.45) is 1.56. The zero-order chi connectivity index (χ0) is 19.6. The van der Waals surface area contributed by atoms with Gasteiger partial charge in [-0.3, -0.25) is 9.10 Å². The van der Waals surface area contributed by atoms with Gasteiger partial charge in [0.2, 0.25) is 0 Å². The first-order valence-electron chi connectivity index (χ1n) is 8.67. The van der Waals surface area contributed by atoms with E-state index in [9.17, 15) is 13.2 Å². The molecule has 0 amide bonds. The first-order chi connectivity index (χ1) is 12.9. The highest BCUT2D eigenvalue weighted by Gasteiger charge is 2.30. The molecule has 0 aliphatic rings. The number of carbonyl (C=O) groups excluding carboxylic acids is 1. The van der Waals surface area contributed by atoms with Crippen molar-refractivity contribution in [3.63, 3.8) is 0 Å². The molecule has 0 spiro atoms. The molecule has 0 fully saturated rings. The summed E-state index contributed by atoms with van der Waals surface area (Å²) in [7, 11) is -3.78. The van der Waals surface area contributed by atoms with Crippen LogP contribution >= 0.6 is 27.3 Å². The summed E-state index contributed by atoms with van der Waals surface area (Å²) < 4.78 is 29.9. The van der Waals surface area contributed by atoms with Crippen molar-refractivity contribution >= 4 is 58.2 Å². The van der Waals surface area contributed by atoms with Crippen LogP contribution in [0.15, 0.2) is 57.9 Å². The van der Waals surface area contributed by atoms with Crippen LogP contribution < -0.4 is 4.31 Å². The molecule has 0 unspecified atom stereocenters. The van der Waals surface area contributed by atoms with E-state index >= 15 is 0 Å². The number of carbonyl (C=O) groups is 1. The van der Waals surface area contributed by atoms with E-state index in [4.69, 9.17) is 0 Å². The van der Waals surface area contributed by atoms with Crippen LogP contribution in [0.4, 0.5) is 5.00 Å². The van der Waals surface area contributed by atoms with Gasteiger partial charge < -0.3 is 0 Å². The van der Waals surface area contributed by atoms with Crippen LogP contribution in [0.1, 0.15) is 37.0 Å². The SMILES string of the molecule is CCCCN(c1sc2ccccc2c1C(C)=O)S(=O)(=O)c1ccc(Br)cc1. The molecule has 0 aliphatic carbocycles. The Morgan fingerprint density at radius 1 is 1.11 bits per heavy atom. The maximum atomic E-state index is 13.4. The second kappa shape index (κ2) is 8.12. The number of ketones is 1. The minimum atomic E-state index is -3.78. The van der Waals surface area contributed by atoms with E-state index in [1.165, 1.54) is 22.6 Å². The van der Waals surface area contributed by atoms with Crippen molar-refractivity contribution in [3.05, 3.63) is 58.6 Å². The fourth-order valence-corrected chi connectivity index (χ4v) is 6.18. The predicted molar refractivity (Wildman–Crippen MR) is 115 cm³/mol. The molecular formula is C20H20BrNO3S2. The Labute approximate surface area is 172 Å². The second-order valence-electron chi connectivity index (χ2n) is 6.22. The largest absolute Gasteiger partial charge is 0.294 e. The van der Waals surface area contributed by atoms with E-state index in [1.54, 1.807) is 24.3 Å². The van der Waals surface area contributed by atoms with Gasteiger partial charge >= 0.3 is 0 Å². The molecule has 0 bridgehead atoms. The van der Waals surface area contributed by atoms with E-state index < -0.39 is 10.0 Å². The third-order valence-corrected chi connectivity index (χ3v) is 7.92. The first kappa shape index (κ1) is 20.0. The maximum Gasteiger partial charge on any atom is 0.264 e. The number of hydrogen-bond acceptors (Lipinski definition) is 4. The molecule has 0 saturated carbocycles. The summed E-state index contributed by atoms with van der Waals surface area (Å²) in [6, 6.07) is 14.1. The molecule has 27 heavy (non-hydrogen) atoms. The molecular weight excluding hydrogens is 446 g/mol. The molecule has 0 aliphatic heterocycles. The number of halogens is 1. The zero-order valence-electron chi connectivity index (χ0n) is 15.1. The Hall–Kier alpha value is -1.70. The lowest BCUT2D eigenvalue weighted by Crippen LogP contribution is -2.32. The number of rotatable bonds is 7. The van der Waals surface area contributed by atoms with Crippen LogP contribution in [0.25, 0.3) is 10.1 Å². The van der Waals surface area contributed by atoms with E-state index in [0.29, 0.717) is 23.5 Å². The lowest BCUT2D eigenvalue weighted by molar-refractivity contribution is 0.102. The number of anilines is 1. The van der Waals surface area contributed by atoms with Gasteiger partial charge in [-0.15, -0.1) is 11.3 Å². The molecule has 4 nitrogen and oxygen atoms in total. The Bertz CT molecular complexity index is 1070. The van der Waals surface area contributed by atoms with Crippen molar-refractivity contribution in [2.24, 2.45) is 0 Å². The smallest absolute Gasteiger partial charge is 0.264 e. The highest BCUT2D eigenvalue weighted by Crippen LogP contribution is 2.41. The van der Waals surface area contributed by atoms with E-state index in [1.807, 2.05) is 31.2 Å². The Balaban J connectivity index is 2.21. The summed E-state index contributed by atoms with van der Waals surface area (Å²) in [5, 5.41) is 1.30. The molecule has 3 aromatic rings. The number of thiophene rings is 1. The van der Waals surface area contributed by atoms with Gasteiger partial charge in [0.05, 0.1) is 10.5 Å². The molecule has 7 heteroatoms. The molecule has 0 atom stereocenters. The van der Waals surface area contributed by atoms with Gasteiger partial charge in [-0.25, -0.2) is 8.42 Å². The number of nitrogens with zero attached hydrogens (tertiary/aromatic N) is 1. The predicted octanol–water partition coefficient (Wildman–Crippen LogP) is 5.86. The lowest BCUT2D eigenvalue weighted by atomic mass is 10.1. The molecule has 3 rings (SSSR count).